The van der Waals surface area contributed by atoms with E-state index in [0.29, 0.717) is 17.7 Å². The van der Waals surface area contributed by atoms with Crippen LogP contribution >= 0.6 is 11.6 Å². The molecule has 0 aromatic carbocycles. The zero-order valence-electron chi connectivity index (χ0n) is 11.5. The Morgan fingerprint density at radius 2 is 2.14 bits per heavy atom. The molecule has 1 N–H and O–H groups in total. The number of rotatable bonds is 7. The monoisotopic (exact) mass is 324 g/mol. The Bertz CT molecular complexity index is 481. The molecule has 0 aliphatic heterocycles. The highest BCUT2D eigenvalue weighted by molar-refractivity contribution is 6.29. The van der Waals surface area contributed by atoms with Gasteiger partial charge in [-0.1, -0.05) is 24.9 Å². The molecular weight excluding hydrogens is 309 g/mol. The van der Waals surface area contributed by atoms with Crippen LogP contribution in [0.3, 0.4) is 0 Å². The molecule has 0 unspecified atom stereocenters. The van der Waals surface area contributed by atoms with Gasteiger partial charge >= 0.3 is 6.18 Å². The van der Waals surface area contributed by atoms with E-state index in [-0.39, 0.29) is 18.3 Å². The topological polar surface area (TPSA) is 51.2 Å². The number of pyridine rings is 1. The fourth-order valence-corrected chi connectivity index (χ4v) is 1.82. The molecule has 0 saturated heterocycles. The van der Waals surface area contributed by atoms with Gasteiger partial charge in [-0.3, -0.25) is 4.79 Å². The van der Waals surface area contributed by atoms with Gasteiger partial charge in [-0.25, -0.2) is 4.98 Å². The van der Waals surface area contributed by atoms with Crippen molar-refractivity contribution in [3.63, 3.8) is 0 Å². The Morgan fingerprint density at radius 1 is 1.43 bits per heavy atom. The lowest BCUT2D eigenvalue weighted by Gasteiger charge is -2.09. The van der Waals surface area contributed by atoms with Crippen molar-refractivity contribution in [2.24, 2.45) is 0 Å². The first-order chi connectivity index (χ1) is 9.81. The zero-order chi connectivity index (χ0) is 15.9. The predicted molar refractivity (Wildman–Crippen MR) is 72.4 cm³/mol. The van der Waals surface area contributed by atoms with Gasteiger partial charge in [0, 0.05) is 17.8 Å². The van der Waals surface area contributed by atoms with Gasteiger partial charge in [-0.2, -0.15) is 13.2 Å². The van der Waals surface area contributed by atoms with E-state index in [1.807, 2.05) is 6.92 Å². The van der Waals surface area contributed by atoms with Crippen molar-refractivity contribution >= 4 is 17.5 Å². The number of alkyl halides is 3. The fourth-order valence-electron chi connectivity index (χ4n) is 1.59. The maximum absolute atomic E-state index is 11.8. The Morgan fingerprint density at radius 3 is 2.76 bits per heavy atom. The second-order valence-corrected chi connectivity index (χ2v) is 4.73. The van der Waals surface area contributed by atoms with Crippen LogP contribution in [0.4, 0.5) is 13.2 Å². The Hall–Kier alpha value is -1.34. The van der Waals surface area contributed by atoms with E-state index in [2.05, 4.69) is 15.0 Å². The fraction of sp³-hybridized carbons (Fsp3) is 0.538. The largest absolute Gasteiger partial charge is 0.411 e. The molecule has 0 aliphatic rings. The third kappa shape index (κ3) is 7.29. The van der Waals surface area contributed by atoms with E-state index in [0.717, 1.165) is 6.42 Å². The summed E-state index contributed by atoms with van der Waals surface area (Å²) in [4.78, 5) is 15.9. The number of ether oxygens (including phenoxy) is 1. The average molecular weight is 325 g/mol. The van der Waals surface area contributed by atoms with Crippen molar-refractivity contribution < 1.29 is 22.7 Å². The van der Waals surface area contributed by atoms with Gasteiger partial charge in [0.25, 0.3) is 5.91 Å². The number of halogens is 4. The van der Waals surface area contributed by atoms with Crippen LogP contribution in [0.15, 0.2) is 12.1 Å². The number of aromatic nitrogens is 1. The number of hydrogen-bond acceptors (Lipinski definition) is 3. The summed E-state index contributed by atoms with van der Waals surface area (Å²) in [5.41, 5.74) is 1.03. The molecule has 0 aliphatic carbocycles. The van der Waals surface area contributed by atoms with E-state index in [9.17, 15) is 18.0 Å². The number of nitrogens with one attached hydrogen (secondary N) is 1. The summed E-state index contributed by atoms with van der Waals surface area (Å²) in [5.74, 6) is -0.424. The maximum atomic E-state index is 11.8. The maximum Gasteiger partial charge on any atom is 0.411 e. The normalized spacial score (nSPS) is 11.5. The minimum atomic E-state index is -4.36. The molecule has 1 aromatic rings. The number of nitrogens with zero attached hydrogens (tertiary/aromatic N) is 1. The average Bonchev–Trinajstić information content (AvgIpc) is 2.36. The molecule has 0 fully saturated rings. The quantitative estimate of drug-likeness (QED) is 0.619. The van der Waals surface area contributed by atoms with Crippen molar-refractivity contribution in [2.45, 2.75) is 25.9 Å². The molecule has 8 heteroatoms. The number of hydrogen-bond donors (Lipinski definition) is 1. The number of amides is 1. The van der Waals surface area contributed by atoms with Crippen LogP contribution < -0.4 is 5.32 Å². The SMILES string of the molecule is CCCc1cc(C(=O)NCCOCC(F)(F)F)cc(Cl)n1. The van der Waals surface area contributed by atoms with E-state index < -0.39 is 18.7 Å². The number of aryl methyl sites for hydroxylation is 1. The molecule has 0 saturated carbocycles. The smallest absolute Gasteiger partial charge is 0.370 e. The lowest BCUT2D eigenvalue weighted by atomic mass is 10.1. The minimum Gasteiger partial charge on any atom is -0.370 e. The summed E-state index contributed by atoms with van der Waals surface area (Å²) in [5, 5.41) is 2.67. The van der Waals surface area contributed by atoms with Crippen LogP contribution in [-0.4, -0.2) is 36.8 Å². The van der Waals surface area contributed by atoms with Crippen LogP contribution in [0, 0.1) is 0 Å². The van der Waals surface area contributed by atoms with Crippen molar-refractivity contribution in [1.82, 2.24) is 10.3 Å². The zero-order valence-corrected chi connectivity index (χ0v) is 12.2. The first-order valence-corrected chi connectivity index (χ1v) is 6.79. The molecule has 1 amide bonds. The van der Waals surface area contributed by atoms with E-state index in [1.54, 1.807) is 6.07 Å². The van der Waals surface area contributed by atoms with Gasteiger partial charge in [0.2, 0.25) is 0 Å². The molecule has 4 nitrogen and oxygen atoms in total. The number of carbonyl (C=O) groups excluding carboxylic acids is 1. The highest BCUT2D eigenvalue weighted by atomic mass is 35.5. The molecule has 0 spiro atoms. The lowest BCUT2D eigenvalue weighted by molar-refractivity contribution is -0.173. The molecule has 0 atom stereocenters. The molecule has 1 rings (SSSR count). The van der Waals surface area contributed by atoms with Crippen LogP contribution in [0.25, 0.3) is 0 Å². The summed E-state index contributed by atoms with van der Waals surface area (Å²) in [6.45, 7) is 0.411. The first-order valence-electron chi connectivity index (χ1n) is 6.41. The van der Waals surface area contributed by atoms with Crippen LogP contribution in [0.5, 0.6) is 0 Å². The van der Waals surface area contributed by atoms with Crippen LogP contribution in [0.1, 0.15) is 29.4 Å². The number of carbonyl (C=O) groups is 1. The van der Waals surface area contributed by atoms with E-state index >= 15 is 0 Å². The van der Waals surface area contributed by atoms with E-state index in [4.69, 9.17) is 11.6 Å². The predicted octanol–water partition coefficient (Wildman–Crippen LogP) is 3.00. The molecule has 118 valence electrons. The van der Waals surface area contributed by atoms with E-state index in [1.165, 1.54) is 6.07 Å². The Balaban J connectivity index is 2.45. The van der Waals surface area contributed by atoms with Crippen molar-refractivity contribution in [1.29, 1.82) is 0 Å². The van der Waals surface area contributed by atoms with Crippen LogP contribution in [-0.2, 0) is 11.2 Å². The first kappa shape index (κ1) is 17.7. The van der Waals surface area contributed by atoms with Gasteiger partial charge in [0.1, 0.15) is 11.8 Å². The van der Waals surface area contributed by atoms with Gasteiger partial charge in [-0.15, -0.1) is 0 Å². The van der Waals surface area contributed by atoms with Gasteiger partial charge in [0.05, 0.1) is 6.61 Å². The van der Waals surface area contributed by atoms with Crippen molar-refractivity contribution in [2.75, 3.05) is 19.8 Å². The van der Waals surface area contributed by atoms with Gasteiger partial charge in [0.15, 0.2) is 0 Å². The summed E-state index contributed by atoms with van der Waals surface area (Å²) < 4.78 is 39.9. The van der Waals surface area contributed by atoms with Crippen molar-refractivity contribution in [3.05, 3.63) is 28.5 Å². The molecule has 0 bridgehead atoms. The Kier molecular flexibility index (Phi) is 6.91. The third-order valence-electron chi connectivity index (χ3n) is 2.41. The highest BCUT2D eigenvalue weighted by Gasteiger charge is 2.27. The Labute approximate surface area is 125 Å². The summed E-state index contributed by atoms with van der Waals surface area (Å²) >= 11 is 5.82. The second kappa shape index (κ2) is 8.19. The molecule has 0 radical (unpaired) electrons. The summed E-state index contributed by atoms with van der Waals surface area (Å²) in [6, 6.07) is 3.02. The second-order valence-electron chi connectivity index (χ2n) is 4.34. The summed E-state index contributed by atoms with van der Waals surface area (Å²) in [6.07, 6.45) is -2.81. The third-order valence-corrected chi connectivity index (χ3v) is 2.61. The van der Waals surface area contributed by atoms with Crippen molar-refractivity contribution in [3.8, 4) is 0 Å². The standard InChI is InChI=1S/C13H16ClF3N2O2/c1-2-3-10-6-9(7-11(14)19-10)12(20)18-4-5-21-8-13(15,16)17/h6-7H,2-5,8H2,1H3,(H,18,20). The molecule has 21 heavy (non-hydrogen) atoms. The minimum absolute atomic E-state index is 0.0159. The van der Waals surface area contributed by atoms with Gasteiger partial charge < -0.3 is 10.1 Å². The molecule has 1 heterocycles. The lowest BCUT2D eigenvalue weighted by Crippen LogP contribution is -2.29. The molecule has 1 aromatic heterocycles. The highest BCUT2D eigenvalue weighted by Crippen LogP contribution is 2.14. The summed E-state index contributed by atoms with van der Waals surface area (Å²) in [7, 11) is 0. The van der Waals surface area contributed by atoms with Crippen LogP contribution in [0.2, 0.25) is 5.15 Å². The molecular formula is C13H16ClF3N2O2. The van der Waals surface area contributed by atoms with Gasteiger partial charge in [-0.05, 0) is 18.6 Å².